The van der Waals surface area contributed by atoms with E-state index in [1.165, 1.54) is 5.56 Å². The van der Waals surface area contributed by atoms with Crippen LogP contribution in [0.25, 0.3) is 0 Å². The van der Waals surface area contributed by atoms with Crippen LogP contribution in [-0.4, -0.2) is 4.21 Å². The topological polar surface area (TPSA) is 17.1 Å². The summed E-state index contributed by atoms with van der Waals surface area (Å²) in [5.41, 5.74) is 3.40. The molecule has 0 amide bonds. The summed E-state index contributed by atoms with van der Waals surface area (Å²) in [7, 11) is -0.878. The second kappa shape index (κ2) is 6.17. The minimum absolute atomic E-state index is 0.574. The fraction of sp³-hybridized carbons (Fsp3) is 0.200. The molecule has 0 saturated carbocycles. The summed E-state index contributed by atoms with van der Waals surface area (Å²) >= 11 is 5.82. The fourth-order valence-corrected chi connectivity index (χ4v) is 3.04. The highest BCUT2D eigenvalue weighted by atomic mass is 35.5. The van der Waals surface area contributed by atoms with Crippen molar-refractivity contribution in [2.75, 3.05) is 0 Å². The van der Waals surface area contributed by atoms with E-state index in [4.69, 9.17) is 11.6 Å². The monoisotopic (exact) mass is 278 g/mol. The van der Waals surface area contributed by atoms with E-state index in [0.717, 1.165) is 11.1 Å². The van der Waals surface area contributed by atoms with Crippen LogP contribution in [-0.2, 0) is 22.3 Å². The Hall–Kier alpha value is -1.12. The van der Waals surface area contributed by atoms with Crippen LogP contribution in [0.1, 0.15) is 16.7 Å². The fourth-order valence-electron chi connectivity index (χ4n) is 1.69. The molecule has 2 rings (SSSR count). The Morgan fingerprint density at radius 1 is 0.889 bits per heavy atom. The van der Waals surface area contributed by atoms with Crippen LogP contribution in [0.15, 0.2) is 48.5 Å². The van der Waals surface area contributed by atoms with Gasteiger partial charge in [-0.3, -0.25) is 4.21 Å². The Kier molecular flexibility index (Phi) is 4.56. The van der Waals surface area contributed by atoms with Crippen LogP contribution >= 0.6 is 11.6 Å². The third kappa shape index (κ3) is 3.97. The molecule has 1 atom stereocenters. The van der Waals surface area contributed by atoms with Gasteiger partial charge in [0.25, 0.3) is 0 Å². The molecule has 0 saturated heterocycles. The SMILES string of the molecule is Cc1ccc(C[S@](=O)Cc2ccc(Cl)cc2)cc1. The Bertz CT molecular complexity index is 482. The van der Waals surface area contributed by atoms with Crippen molar-refractivity contribution >= 4 is 22.4 Å². The van der Waals surface area contributed by atoms with Gasteiger partial charge in [-0.25, -0.2) is 0 Å². The molecular formula is C15H15ClOS. The van der Waals surface area contributed by atoms with Gasteiger partial charge in [0.2, 0.25) is 0 Å². The molecule has 94 valence electrons. The van der Waals surface area contributed by atoms with E-state index in [0.29, 0.717) is 16.5 Å². The molecule has 18 heavy (non-hydrogen) atoms. The maximum atomic E-state index is 12.0. The normalized spacial score (nSPS) is 12.3. The van der Waals surface area contributed by atoms with Gasteiger partial charge in [0, 0.05) is 27.3 Å². The van der Waals surface area contributed by atoms with Crippen molar-refractivity contribution in [1.82, 2.24) is 0 Å². The molecule has 0 bridgehead atoms. The van der Waals surface area contributed by atoms with E-state index < -0.39 is 10.8 Å². The highest BCUT2D eigenvalue weighted by molar-refractivity contribution is 7.83. The lowest BCUT2D eigenvalue weighted by Crippen LogP contribution is -1.99. The van der Waals surface area contributed by atoms with Crippen LogP contribution in [0, 0.1) is 6.92 Å². The number of rotatable bonds is 4. The summed E-state index contributed by atoms with van der Waals surface area (Å²) in [6.07, 6.45) is 0. The number of hydrogen-bond acceptors (Lipinski definition) is 1. The third-order valence-electron chi connectivity index (χ3n) is 2.69. The van der Waals surface area contributed by atoms with Gasteiger partial charge >= 0.3 is 0 Å². The molecule has 0 N–H and O–H groups in total. The smallest absolute Gasteiger partial charge is 0.0489 e. The summed E-state index contributed by atoms with van der Waals surface area (Å²) in [5, 5.41) is 0.711. The lowest BCUT2D eigenvalue weighted by Gasteiger charge is -2.04. The highest BCUT2D eigenvalue weighted by Crippen LogP contribution is 2.13. The van der Waals surface area contributed by atoms with E-state index in [1.54, 1.807) is 0 Å². The van der Waals surface area contributed by atoms with Gasteiger partial charge in [-0.2, -0.15) is 0 Å². The molecule has 0 aliphatic heterocycles. The van der Waals surface area contributed by atoms with Crippen molar-refractivity contribution in [1.29, 1.82) is 0 Å². The first-order valence-electron chi connectivity index (χ1n) is 5.78. The number of benzene rings is 2. The van der Waals surface area contributed by atoms with E-state index >= 15 is 0 Å². The average molecular weight is 279 g/mol. The first-order chi connectivity index (χ1) is 8.63. The molecule has 0 fully saturated rings. The molecule has 0 unspecified atom stereocenters. The molecule has 0 heterocycles. The van der Waals surface area contributed by atoms with Crippen LogP contribution in [0.5, 0.6) is 0 Å². The minimum atomic E-state index is -0.878. The molecule has 2 aromatic carbocycles. The molecule has 0 aromatic heterocycles. The lowest BCUT2D eigenvalue weighted by molar-refractivity contribution is 0.682. The van der Waals surface area contributed by atoms with Crippen molar-refractivity contribution in [2.24, 2.45) is 0 Å². The third-order valence-corrected chi connectivity index (χ3v) is 4.25. The van der Waals surface area contributed by atoms with Gasteiger partial charge in [0.05, 0.1) is 0 Å². The summed E-state index contributed by atoms with van der Waals surface area (Å²) in [5.74, 6) is 1.17. The van der Waals surface area contributed by atoms with Crippen molar-refractivity contribution in [2.45, 2.75) is 18.4 Å². The second-order valence-corrected chi connectivity index (χ2v) is 6.23. The Morgan fingerprint density at radius 2 is 1.33 bits per heavy atom. The maximum absolute atomic E-state index is 12.0. The van der Waals surface area contributed by atoms with Gasteiger partial charge in [0.1, 0.15) is 0 Å². The summed E-state index contributed by atoms with van der Waals surface area (Å²) in [6, 6.07) is 15.7. The first kappa shape index (κ1) is 13.3. The summed E-state index contributed by atoms with van der Waals surface area (Å²) < 4.78 is 12.0. The molecule has 0 spiro atoms. The standard InChI is InChI=1S/C15H15ClOS/c1-12-2-4-13(5-3-12)10-18(17)11-14-6-8-15(16)9-7-14/h2-9H,10-11H2,1H3/t18-/m0/s1. The van der Waals surface area contributed by atoms with Gasteiger partial charge in [-0.05, 0) is 30.2 Å². The molecule has 0 radical (unpaired) electrons. The Balaban J connectivity index is 1.96. The molecule has 3 heteroatoms. The van der Waals surface area contributed by atoms with Crippen LogP contribution in [0.4, 0.5) is 0 Å². The quantitative estimate of drug-likeness (QED) is 0.823. The van der Waals surface area contributed by atoms with Crippen LogP contribution in [0.2, 0.25) is 5.02 Å². The van der Waals surface area contributed by atoms with Gasteiger partial charge < -0.3 is 0 Å². The van der Waals surface area contributed by atoms with E-state index in [1.807, 2.05) is 36.4 Å². The second-order valence-electron chi connectivity index (χ2n) is 4.34. The number of hydrogen-bond donors (Lipinski definition) is 0. The zero-order chi connectivity index (χ0) is 13.0. The van der Waals surface area contributed by atoms with Crippen molar-refractivity contribution in [3.63, 3.8) is 0 Å². The molecule has 0 aliphatic rings. The minimum Gasteiger partial charge on any atom is -0.259 e. The number of aryl methyl sites for hydroxylation is 1. The first-order valence-corrected chi connectivity index (χ1v) is 7.65. The lowest BCUT2D eigenvalue weighted by atomic mass is 10.2. The van der Waals surface area contributed by atoms with Gasteiger partial charge in [-0.15, -0.1) is 0 Å². The Morgan fingerprint density at radius 3 is 1.83 bits per heavy atom. The van der Waals surface area contributed by atoms with Gasteiger partial charge in [0.15, 0.2) is 0 Å². The predicted octanol–water partition coefficient (Wildman–Crippen LogP) is 4.10. The number of halogens is 1. The van der Waals surface area contributed by atoms with Crippen LogP contribution in [0.3, 0.4) is 0 Å². The largest absolute Gasteiger partial charge is 0.259 e. The summed E-state index contributed by atoms with van der Waals surface area (Å²) in [4.78, 5) is 0. The van der Waals surface area contributed by atoms with Crippen molar-refractivity contribution in [3.8, 4) is 0 Å². The van der Waals surface area contributed by atoms with Crippen molar-refractivity contribution < 1.29 is 4.21 Å². The zero-order valence-electron chi connectivity index (χ0n) is 10.2. The van der Waals surface area contributed by atoms with E-state index in [-0.39, 0.29) is 0 Å². The molecule has 1 nitrogen and oxygen atoms in total. The summed E-state index contributed by atoms with van der Waals surface area (Å²) in [6.45, 7) is 2.05. The average Bonchev–Trinajstić information content (AvgIpc) is 2.35. The maximum Gasteiger partial charge on any atom is 0.0489 e. The Labute approximate surface area is 115 Å². The molecular weight excluding hydrogens is 264 g/mol. The highest BCUT2D eigenvalue weighted by Gasteiger charge is 2.03. The van der Waals surface area contributed by atoms with E-state index in [9.17, 15) is 4.21 Å². The van der Waals surface area contributed by atoms with Gasteiger partial charge in [-0.1, -0.05) is 53.6 Å². The molecule has 0 aliphatic carbocycles. The van der Waals surface area contributed by atoms with Crippen molar-refractivity contribution in [3.05, 3.63) is 70.2 Å². The zero-order valence-corrected chi connectivity index (χ0v) is 11.8. The van der Waals surface area contributed by atoms with Crippen LogP contribution < -0.4 is 0 Å². The van der Waals surface area contributed by atoms with E-state index in [2.05, 4.69) is 19.1 Å². The predicted molar refractivity (Wildman–Crippen MR) is 78.2 cm³/mol. The molecule has 2 aromatic rings.